The van der Waals surface area contributed by atoms with E-state index >= 15 is 0 Å². The smallest absolute Gasteiger partial charge is 0.0916 e. The number of hydrogen-bond donors (Lipinski definition) is 1. The maximum Gasteiger partial charge on any atom is 0.0916 e. The first kappa shape index (κ1) is 10.9. The second-order valence-corrected chi connectivity index (χ2v) is 4.21. The first-order valence-corrected chi connectivity index (χ1v) is 5.50. The molecular weight excluding hydrogens is 198 g/mol. The van der Waals surface area contributed by atoms with Gasteiger partial charge in [0.15, 0.2) is 0 Å². The summed E-state index contributed by atoms with van der Waals surface area (Å²) in [7, 11) is 0. The Morgan fingerprint density at radius 1 is 1.25 bits per heavy atom. The van der Waals surface area contributed by atoms with E-state index in [1.165, 1.54) is 5.56 Å². The number of rotatable bonds is 3. The van der Waals surface area contributed by atoms with Crippen LogP contribution in [-0.2, 0) is 0 Å². The average Bonchev–Trinajstić information content (AvgIpc) is 2.66. The first-order valence-electron chi connectivity index (χ1n) is 5.50. The van der Waals surface area contributed by atoms with Crippen molar-refractivity contribution in [3.63, 3.8) is 0 Å². The van der Waals surface area contributed by atoms with E-state index in [1.807, 2.05) is 49.1 Å². The second kappa shape index (κ2) is 4.49. The van der Waals surface area contributed by atoms with E-state index in [0.717, 1.165) is 5.56 Å². The molecule has 2 unspecified atom stereocenters. The van der Waals surface area contributed by atoms with Crippen molar-refractivity contribution in [3.8, 4) is 0 Å². The molecule has 84 valence electrons. The Bertz CT molecular complexity index is 445. The largest absolute Gasteiger partial charge is 0.326 e. The van der Waals surface area contributed by atoms with Crippen LogP contribution in [0.25, 0.3) is 0 Å². The number of aryl methyl sites for hydroxylation is 1. The van der Waals surface area contributed by atoms with Gasteiger partial charge in [0.1, 0.15) is 0 Å². The summed E-state index contributed by atoms with van der Waals surface area (Å²) in [6.45, 7) is 4.04. The van der Waals surface area contributed by atoms with Gasteiger partial charge in [-0.15, -0.1) is 0 Å². The molecule has 2 atom stereocenters. The van der Waals surface area contributed by atoms with Gasteiger partial charge in [-0.05, 0) is 25.0 Å². The van der Waals surface area contributed by atoms with Crippen LogP contribution in [0.1, 0.15) is 24.1 Å². The van der Waals surface area contributed by atoms with Gasteiger partial charge in [0.2, 0.25) is 0 Å². The molecule has 1 heterocycles. The minimum Gasteiger partial charge on any atom is -0.326 e. The molecule has 2 aromatic rings. The van der Waals surface area contributed by atoms with Crippen LogP contribution >= 0.6 is 0 Å². The summed E-state index contributed by atoms with van der Waals surface area (Å²) in [6.07, 6.45) is 3.89. The summed E-state index contributed by atoms with van der Waals surface area (Å²) in [5.41, 5.74) is 8.40. The van der Waals surface area contributed by atoms with Crippen molar-refractivity contribution in [2.75, 3.05) is 0 Å². The number of nitrogens with two attached hydrogens (primary N) is 1. The van der Waals surface area contributed by atoms with Gasteiger partial charge >= 0.3 is 0 Å². The fraction of sp³-hybridized carbons (Fsp3) is 0.308. The summed E-state index contributed by atoms with van der Waals surface area (Å²) in [6, 6.07) is 10.4. The van der Waals surface area contributed by atoms with Crippen LogP contribution in [0.2, 0.25) is 0 Å². The van der Waals surface area contributed by atoms with Crippen molar-refractivity contribution in [2.24, 2.45) is 5.73 Å². The SMILES string of the molecule is Cc1cnn(C(c2ccccc2)C(C)N)c1. The van der Waals surface area contributed by atoms with Gasteiger partial charge < -0.3 is 5.73 Å². The van der Waals surface area contributed by atoms with E-state index in [2.05, 4.69) is 17.2 Å². The number of aromatic nitrogens is 2. The molecule has 2 rings (SSSR count). The lowest BCUT2D eigenvalue weighted by Crippen LogP contribution is -2.30. The van der Waals surface area contributed by atoms with Crippen molar-refractivity contribution in [1.82, 2.24) is 9.78 Å². The van der Waals surface area contributed by atoms with Crippen LogP contribution in [0.3, 0.4) is 0 Å². The lowest BCUT2D eigenvalue weighted by Gasteiger charge is -2.21. The quantitative estimate of drug-likeness (QED) is 0.852. The summed E-state index contributed by atoms with van der Waals surface area (Å²) in [5, 5.41) is 4.35. The van der Waals surface area contributed by atoms with Gasteiger partial charge in [-0.3, -0.25) is 4.68 Å². The Hall–Kier alpha value is -1.61. The maximum atomic E-state index is 6.05. The van der Waals surface area contributed by atoms with Crippen molar-refractivity contribution in [1.29, 1.82) is 0 Å². The molecule has 0 spiro atoms. The first-order chi connectivity index (χ1) is 7.68. The van der Waals surface area contributed by atoms with E-state index < -0.39 is 0 Å². The van der Waals surface area contributed by atoms with Crippen LogP contribution in [0, 0.1) is 6.92 Å². The highest BCUT2D eigenvalue weighted by atomic mass is 15.3. The highest BCUT2D eigenvalue weighted by Crippen LogP contribution is 2.20. The lowest BCUT2D eigenvalue weighted by atomic mass is 10.0. The average molecular weight is 215 g/mol. The third-order valence-corrected chi connectivity index (χ3v) is 2.65. The molecule has 3 nitrogen and oxygen atoms in total. The molecule has 0 aliphatic rings. The maximum absolute atomic E-state index is 6.05. The molecule has 2 N–H and O–H groups in total. The molecular formula is C13H17N3. The highest BCUT2D eigenvalue weighted by Gasteiger charge is 2.18. The standard InChI is InChI=1S/C13H17N3/c1-10-8-15-16(9-10)13(11(2)14)12-6-4-3-5-7-12/h3-9,11,13H,14H2,1-2H3. The summed E-state index contributed by atoms with van der Waals surface area (Å²) in [4.78, 5) is 0. The molecule has 0 saturated heterocycles. The van der Waals surface area contributed by atoms with Crippen molar-refractivity contribution < 1.29 is 0 Å². The Morgan fingerprint density at radius 2 is 1.94 bits per heavy atom. The van der Waals surface area contributed by atoms with Crippen LogP contribution in [-0.4, -0.2) is 15.8 Å². The predicted molar refractivity (Wildman–Crippen MR) is 65.2 cm³/mol. The van der Waals surface area contributed by atoms with Crippen molar-refractivity contribution in [2.45, 2.75) is 25.9 Å². The molecule has 0 aliphatic carbocycles. The zero-order valence-electron chi connectivity index (χ0n) is 9.67. The summed E-state index contributed by atoms with van der Waals surface area (Å²) < 4.78 is 1.94. The monoisotopic (exact) mass is 215 g/mol. The molecule has 3 heteroatoms. The van der Waals surface area contributed by atoms with Gasteiger partial charge in [-0.25, -0.2) is 0 Å². The topological polar surface area (TPSA) is 43.8 Å². The molecule has 1 aromatic carbocycles. The van der Waals surface area contributed by atoms with Gasteiger partial charge in [-0.1, -0.05) is 30.3 Å². The Balaban J connectivity index is 2.39. The third kappa shape index (κ3) is 2.14. The minimum absolute atomic E-state index is 0.0294. The Kier molecular flexibility index (Phi) is 3.06. The van der Waals surface area contributed by atoms with Gasteiger partial charge in [0.25, 0.3) is 0 Å². The molecule has 16 heavy (non-hydrogen) atoms. The van der Waals surface area contributed by atoms with Crippen molar-refractivity contribution >= 4 is 0 Å². The van der Waals surface area contributed by atoms with E-state index in [1.54, 1.807) is 0 Å². The zero-order chi connectivity index (χ0) is 11.5. The Morgan fingerprint density at radius 3 is 2.44 bits per heavy atom. The van der Waals surface area contributed by atoms with Crippen LogP contribution in [0.4, 0.5) is 0 Å². The van der Waals surface area contributed by atoms with Gasteiger partial charge in [0, 0.05) is 12.2 Å². The van der Waals surface area contributed by atoms with Crippen LogP contribution < -0.4 is 5.73 Å². The van der Waals surface area contributed by atoms with Crippen LogP contribution in [0.15, 0.2) is 42.7 Å². The van der Waals surface area contributed by atoms with Gasteiger partial charge in [0.05, 0.1) is 12.2 Å². The van der Waals surface area contributed by atoms with E-state index in [9.17, 15) is 0 Å². The molecule has 0 radical (unpaired) electrons. The van der Waals surface area contributed by atoms with Crippen molar-refractivity contribution in [3.05, 3.63) is 53.9 Å². The van der Waals surface area contributed by atoms with E-state index in [0.29, 0.717) is 0 Å². The minimum atomic E-state index is 0.0294. The molecule has 0 bridgehead atoms. The molecule has 0 amide bonds. The van der Waals surface area contributed by atoms with Crippen LogP contribution in [0.5, 0.6) is 0 Å². The lowest BCUT2D eigenvalue weighted by molar-refractivity contribution is 0.454. The van der Waals surface area contributed by atoms with Gasteiger partial charge in [-0.2, -0.15) is 5.10 Å². The number of hydrogen-bond acceptors (Lipinski definition) is 2. The summed E-state index contributed by atoms with van der Waals surface area (Å²) in [5.74, 6) is 0. The molecule has 0 fully saturated rings. The second-order valence-electron chi connectivity index (χ2n) is 4.21. The molecule has 0 saturated carbocycles. The van der Waals surface area contributed by atoms with E-state index in [-0.39, 0.29) is 12.1 Å². The number of benzene rings is 1. The zero-order valence-corrected chi connectivity index (χ0v) is 9.67. The fourth-order valence-corrected chi connectivity index (χ4v) is 1.93. The summed E-state index contributed by atoms with van der Waals surface area (Å²) >= 11 is 0. The highest BCUT2D eigenvalue weighted by molar-refractivity contribution is 5.21. The normalized spacial score (nSPS) is 14.7. The Labute approximate surface area is 95.9 Å². The number of nitrogens with zero attached hydrogens (tertiary/aromatic N) is 2. The van der Waals surface area contributed by atoms with E-state index in [4.69, 9.17) is 5.73 Å². The molecule has 1 aromatic heterocycles. The fourth-order valence-electron chi connectivity index (χ4n) is 1.93. The predicted octanol–water partition coefficient (Wildman–Crippen LogP) is 2.13. The molecule has 0 aliphatic heterocycles. The third-order valence-electron chi connectivity index (χ3n) is 2.65.